The number of nitrogens with one attached hydrogen (secondary N) is 2. The molecule has 0 unspecified atom stereocenters. The van der Waals surface area contributed by atoms with E-state index in [1.807, 2.05) is 4.90 Å². The lowest BCUT2D eigenvalue weighted by molar-refractivity contribution is 0.217. The molecule has 1 aliphatic heterocycles. The quantitative estimate of drug-likeness (QED) is 0.741. The minimum absolute atomic E-state index is 0.0653. The Balaban J connectivity index is 1.60. The van der Waals surface area contributed by atoms with Gasteiger partial charge in [-0.05, 0) is 25.5 Å². The second-order valence-electron chi connectivity index (χ2n) is 4.71. The van der Waals surface area contributed by atoms with Crippen LogP contribution in [0.5, 0.6) is 0 Å². The Kier molecular flexibility index (Phi) is 4.59. The van der Waals surface area contributed by atoms with Crippen molar-refractivity contribution in [1.82, 2.24) is 15.5 Å². The number of hydrogen-bond acceptors (Lipinski definition) is 2. The highest BCUT2D eigenvalue weighted by Gasteiger charge is 2.17. The summed E-state index contributed by atoms with van der Waals surface area (Å²) in [5, 5.41) is 6.18. The molecule has 4 nitrogen and oxygen atoms in total. The number of urea groups is 1. The molecule has 0 atom stereocenters. The fourth-order valence-corrected chi connectivity index (χ4v) is 2.16. The first kappa shape index (κ1) is 12.9. The Morgan fingerprint density at radius 3 is 3.00 bits per heavy atom. The maximum absolute atomic E-state index is 11.3. The fourth-order valence-electron chi connectivity index (χ4n) is 2.16. The van der Waals surface area contributed by atoms with Crippen LogP contribution in [0.1, 0.15) is 11.1 Å². The molecular weight excluding hydrogens is 226 g/mol. The van der Waals surface area contributed by atoms with Gasteiger partial charge < -0.3 is 15.5 Å². The second kappa shape index (κ2) is 6.40. The third-order valence-electron chi connectivity index (χ3n) is 3.18. The molecule has 0 spiro atoms. The molecule has 4 heteroatoms. The van der Waals surface area contributed by atoms with Crippen molar-refractivity contribution < 1.29 is 4.79 Å². The van der Waals surface area contributed by atoms with Gasteiger partial charge in [0.2, 0.25) is 0 Å². The molecule has 1 aromatic rings. The average Bonchev–Trinajstić information content (AvgIpc) is 2.75. The van der Waals surface area contributed by atoms with Crippen molar-refractivity contribution in [3.8, 4) is 0 Å². The molecule has 2 N–H and O–H groups in total. The predicted molar refractivity (Wildman–Crippen MR) is 72.7 cm³/mol. The van der Waals surface area contributed by atoms with Crippen LogP contribution in [0.15, 0.2) is 24.3 Å². The van der Waals surface area contributed by atoms with Gasteiger partial charge in [0.25, 0.3) is 0 Å². The summed E-state index contributed by atoms with van der Waals surface area (Å²) in [6, 6.07) is 8.65. The SMILES string of the molecule is Cc1cccc(CCNCCN2CCNC2=O)c1. The zero-order valence-corrected chi connectivity index (χ0v) is 10.9. The van der Waals surface area contributed by atoms with Crippen LogP contribution in [0.2, 0.25) is 0 Å². The summed E-state index contributed by atoms with van der Waals surface area (Å²) in [4.78, 5) is 13.1. The van der Waals surface area contributed by atoms with Crippen LogP contribution in [-0.4, -0.2) is 43.7 Å². The number of benzene rings is 1. The molecule has 1 fully saturated rings. The van der Waals surface area contributed by atoms with E-state index in [-0.39, 0.29) is 6.03 Å². The average molecular weight is 247 g/mol. The van der Waals surface area contributed by atoms with Crippen molar-refractivity contribution in [2.45, 2.75) is 13.3 Å². The van der Waals surface area contributed by atoms with Crippen LogP contribution in [0, 0.1) is 6.92 Å². The van der Waals surface area contributed by atoms with Gasteiger partial charge in [0.05, 0.1) is 0 Å². The normalized spacial score (nSPS) is 14.9. The van der Waals surface area contributed by atoms with Crippen LogP contribution in [0.4, 0.5) is 4.79 Å². The monoisotopic (exact) mass is 247 g/mol. The van der Waals surface area contributed by atoms with E-state index >= 15 is 0 Å². The van der Waals surface area contributed by atoms with Crippen molar-refractivity contribution in [2.75, 3.05) is 32.7 Å². The number of hydrogen-bond donors (Lipinski definition) is 2. The Labute approximate surface area is 108 Å². The first-order valence-electron chi connectivity index (χ1n) is 6.55. The Hall–Kier alpha value is -1.55. The van der Waals surface area contributed by atoms with Crippen molar-refractivity contribution in [3.05, 3.63) is 35.4 Å². The zero-order valence-electron chi connectivity index (χ0n) is 10.9. The van der Waals surface area contributed by atoms with Crippen LogP contribution in [-0.2, 0) is 6.42 Å². The molecule has 0 radical (unpaired) electrons. The van der Waals surface area contributed by atoms with Crippen molar-refractivity contribution in [2.24, 2.45) is 0 Å². The van der Waals surface area contributed by atoms with E-state index in [9.17, 15) is 4.79 Å². The lowest BCUT2D eigenvalue weighted by Crippen LogP contribution is -2.35. The number of amides is 2. The van der Waals surface area contributed by atoms with Gasteiger partial charge in [0, 0.05) is 26.2 Å². The third kappa shape index (κ3) is 3.74. The summed E-state index contributed by atoms with van der Waals surface area (Å²) in [5.74, 6) is 0. The lowest BCUT2D eigenvalue weighted by atomic mass is 10.1. The highest BCUT2D eigenvalue weighted by atomic mass is 16.2. The summed E-state index contributed by atoms with van der Waals surface area (Å²) < 4.78 is 0. The van der Waals surface area contributed by atoms with E-state index in [1.54, 1.807) is 0 Å². The highest BCUT2D eigenvalue weighted by molar-refractivity contribution is 5.76. The number of carbonyl (C=O) groups excluding carboxylic acids is 1. The number of aryl methyl sites for hydroxylation is 1. The predicted octanol–water partition coefficient (Wildman–Crippen LogP) is 1.15. The van der Waals surface area contributed by atoms with Gasteiger partial charge in [-0.1, -0.05) is 29.8 Å². The molecule has 0 bridgehead atoms. The minimum Gasteiger partial charge on any atom is -0.336 e. The van der Waals surface area contributed by atoms with Gasteiger partial charge >= 0.3 is 6.03 Å². The molecular formula is C14H21N3O. The molecule has 1 saturated heterocycles. The molecule has 98 valence electrons. The van der Waals surface area contributed by atoms with Crippen molar-refractivity contribution >= 4 is 6.03 Å². The van der Waals surface area contributed by atoms with E-state index in [1.165, 1.54) is 11.1 Å². The van der Waals surface area contributed by atoms with Crippen LogP contribution >= 0.6 is 0 Å². The van der Waals surface area contributed by atoms with Gasteiger partial charge in [-0.3, -0.25) is 0 Å². The maximum Gasteiger partial charge on any atom is 0.317 e. The number of carbonyl (C=O) groups is 1. The smallest absolute Gasteiger partial charge is 0.317 e. The summed E-state index contributed by atoms with van der Waals surface area (Å²) in [5.41, 5.74) is 2.67. The third-order valence-corrected chi connectivity index (χ3v) is 3.18. The van der Waals surface area contributed by atoms with Gasteiger partial charge in [0.15, 0.2) is 0 Å². The number of nitrogens with zero attached hydrogens (tertiary/aromatic N) is 1. The Morgan fingerprint density at radius 2 is 2.28 bits per heavy atom. The van der Waals surface area contributed by atoms with Crippen molar-refractivity contribution in [1.29, 1.82) is 0 Å². The standard InChI is InChI=1S/C14H21N3O/c1-12-3-2-4-13(11-12)5-6-15-7-9-17-10-8-16-14(17)18/h2-4,11,15H,5-10H2,1H3,(H,16,18). The fraction of sp³-hybridized carbons (Fsp3) is 0.500. The number of rotatable bonds is 6. The van der Waals surface area contributed by atoms with Gasteiger partial charge in [-0.25, -0.2) is 4.79 Å². The van der Waals surface area contributed by atoms with Crippen LogP contribution < -0.4 is 10.6 Å². The first-order chi connectivity index (χ1) is 8.75. The molecule has 0 aliphatic carbocycles. The van der Waals surface area contributed by atoms with E-state index in [0.29, 0.717) is 0 Å². The highest BCUT2D eigenvalue weighted by Crippen LogP contribution is 2.03. The zero-order chi connectivity index (χ0) is 12.8. The Bertz CT molecular complexity index is 406. The van der Waals surface area contributed by atoms with Gasteiger partial charge in [0.1, 0.15) is 0 Å². The topological polar surface area (TPSA) is 44.4 Å². The summed E-state index contributed by atoms with van der Waals surface area (Å²) >= 11 is 0. The molecule has 0 saturated carbocycles. The second-order valence-corrected chi connectivity index (χ2v) is 4.71. The first-order valence-corrected chi connectivity index (χ1v) is 6.55. The van der Waals surface area contributed by atoms with E-state index in [0.717, 1.165) is 39.1 Å². The Morgan fingerprint density at radius 1 is 1.39 bits per heavy atom. The molecule has 0 aromatic heterocycles. The van der Waals surface area contributed by atoms with Crippen LogP contribution in [0.3, 0.4) is 0 Å². The molecule has 1 aliphatic rings. The summed E-state index contributed by atoms with van der Waals surface area (Å²) in [6.07, 6.45) is 1.04. The van der Waals surface area contributed by atoms with E-state index in [2.05, 4.69) is 41.8 Å². The maximum atomic E-state index is 11.3. The van der Waals surface area contributed by atoms with Crippen LogP contribution in [0.25, 0.3) is 0 Å². The van der Waals surface area contributed by atoms with E-state index in [4.69, 9.17) is 0 Å². The van der Waals surface area contributed by atoms with Gasteiger partial charge in [-0.2, -0.15) is 0 Å². The molecule has 1 aromatic carbocycles. The molecule has 1 heterocycles. The molecule has 18 heavy (non-hydrogen) atoms. The summed E-state index contributed by atoms with van der Waals surface area (Å²) in [7, 11) is 0. The van der Waals surface area contributed by atoms with Gasteiger partial charge in [-0.15, -0.1) is 0 Å². The van der Waals surface area contributed by atoms with E-state index < -0.39 is 0 Å². The largest absolute Gasteiger partial charge is 0.336 e. The molecule has 2 rings (SSSR count). The summed E-state index contributed by atoms with van der Waals surface area (Å²) in [6.45, 7) is 6.33. The minimum atomic E-state index is 0.0653. The lowest BCUT2D eigenvalue weighted by Gasteiger charge is -2.14. The van der Waals surface area contributed by atoms with Crippen molar-refractivity contribution in [3.63, 3.8) is 0 Å². The molecule has 2 amide bonds.